The molecule has 0 aromatic heterocycles. The average molecular weight is 192 g/mol. The standard InChI is InChI=1S/C12H20N2/c13-9-3-7-11-5-1-2-6-12(11)8-4-10-14/h1-2,5-6H,3-4,7-10,13-14H2. The first-order chi connectivity index (χ1) is 6.88. The van der Waals surface area contributed by atoms with Crippen LogP contribution in [0.15, 0.2) is 24.3 Å². The maximum atomic E-state index is 5.51. The summed E-state index contributed by atoms with van der Waals surface area (Å²) in [5, 5.41) is 0. The zero-order chi connectivity index (χ0) is 10.2. The highest BCUT2D eigenvalue weighted by molar-refractivity contribution is 5.27. The molecule has 0 atom stereocenters. The molecule has 1 aromatic rings. The van der Waals surface area contributed by atoms with E-state index in [2.05, 4.69) is 24.3 Å². The Morgan fingerprint density at radius 2 is 1.21 bits per heavy atom. The second-order valence-corrected chi connectivity index (χ2v) is 3.55. The minimum absolute atomic E-state index is 0.769. The van der Waals surface area contributed by atoms with Crippen molar-refractivity contribution in [1.82, 2.24) is 0 Å². The van der Waals surface area contributed by atoms with Crippen LogP contribution in [-0.2, 0) is 12.8 Å². The van der Waals surface area contributed by atoms with Crippen LogP contribution < -0.4 is 11.5 Å². The van der Waals surface area contributed by atoms with E-state index in [1.54, 1.807) is 0 Å². The highest BCUT2D eigenvalue weighted by atomic mass is 14.5. The Bertz CT molecular complexity index is 231. The molecular weight excluding hydrogens is 172 g/mol. The third kappa shape index (κ3) is 3.48. The first-order valence-corrected chi connectivity index (χ1v) is 5.35. The van der Waals surface area contributed by atoms with Gasteiger partial charge in [-0.15, -0.1) is 0 Å². The minimum atomic E-state index is 0.769. The molecule has 0 spiro atoms. The van der Waals surface area contributed by atoms with Gasteiger partial charge in [-0.05, 0) is 49.9 Å². The van der Waals surface area contributed by atoms with Crippen molar-refractivity contribution in [2.75, 3.05) is 13.1 Å². The average Bonchev–Trinajstić information content (AvgIpc) is 2.24. The SMILES string of the molecule is NCCCc1ccccc1CCCN. The summed E-state index contributed by atoms with van der Waals surface area (Å²) in [4.78, 5) is 0. The lowest BCUT2D eigenvalue weighted by molar-refractivity contribution is 0.791. The van der Waals surface area contributed by atoms with Crippen molar-refractivity contribution in [3.8, 4) is 0 Å². The summed E-state index contributed by atoms with van der Waals surface area (Å²) in [6, 6.07) is 8.58. The van der Waals surface area contributed by atoms with E-state index in [0.29, 0.717) is 0 Å². The van der Waals surface area contributed by atoms with Crippen LogP contribution in [0.25, 0.3) is 0 Å². The molecule has 2 heteroatoms. The van der Waals surface area contributed by atoms with Gasteiger partial charge in [0.1, 0.15) is 0 Å². The summed E-state index contributed by atoms with van der Waals surface area (Å²) in [5.74, 6) is 0. The van der Waals surface area contributed by atoms with Crippen molar-refractivity contribution in [3.05, 3.63) is 35.4 Å². The van der Waals surface area contributed by atoms with E-state index in [-0.39, 0.29) is 0 Å². The van der Waals surface area contributed by atoms with Crippen LogP contribution in [0.2, 0.25) is 0 Å². The lowest BCUT2D eigenvalue weighted by atomic mass is 9.99. The highest BCUT2D eigenvalue weighted by Gasteiger charge is 2.00. The molecule has 14 heavy (non-hydrogen) atoms. The third-order valence-corrected chi connectivity index (χ3v) is 2.42. The highest BCUT2D eigenvalue weighted by Crippen LogP contribution is 2.12. The molecule has 0 heterocycles. The van der Waals surface area contributed by atoms with E-state index in [1.165, 1.54) is 11.1 Å². The smallest absolute Gasteiger partial charge is 0.00741 e. The topological polar surface area (TPSA) is 52.0 Å². The van der Waals surface area contributed by atoms with Gasteiger partial charge in [-0.25, -0.2) is 0 Å². The second kappa shape index (κ2) is 6.57. The molecule has 0 unspecified atom stereocenters. The molecule has 0 aliphatic rings. The van der Waals surface area contributed by atoms with Gasteiger partial charge in [0.05, 0.1) is 0 Å². The van der Waals surface area contributed by atoms with Crippen molar-refractivity contribution in [1.29, 1.82) is 0 Å². The summed E-state index contributed by atoms with van der Waals surface area (Å²) in [7, 11) is 0. The fraction of sp³-hybridized carbons (Fsp3) is 0.500. The summed E-state index contributed by atoms with van der Waals surface area (Å²) in [5.41, 5.74) is 13.9. The van der Waals surface area contributed by atoms with Crippen LogP contribution in [0, 0.1) is 0 Å². The summed E-state index contributed by atoms with van der Waals surface area (Å²) >= 11 is 0. The number of nitrogens with two attached hydrogens (primary N) is 2. The lowest BCUT2D eigenvalue weighted by Crippen LogP contribution is -2.04. The van der Waals surface area contributed by atoms with Gasteiger partial charge in [-0.2, -0.15) is 0 Å². The molecule has 0 saturated heterocycles. The summed E-state index contributed by atoms with van der Waals surface area (Å²) < 4.78 is 0. The number of rotatable bonds is 6. The number of hydrogen-bond donors (Lipinski definition) is 2. The minimum Gasteiger partial charge on any atom is -0.330 e. The summed E-state index contributed by atoms with van der Waals surface area (Å²) in [6.45, 7) is 1.54. The van der Waals surface area contributed by atoms with Crippen LogP contribution in [0.5, 0.6) is 0 Å². The summed E-state index contributed by atoms with van der Waals surface area (Å²) in [6.07, 6.45) is 4.33. The maximum absolute atomic E-state index is 5.51. The Kier molecular flexibility index (Phi) is 5.27. The fourth-order valence-electron chi connectivity index (χ4n) is 1.63. The Hall–Kier alpha value is -0.860. The van der Waals surface area contributed by atoms with Crippen LogP contribution in [0.1, 0.15) is 24.0 Å². The van der Waals surface area contributed by atoms with Gasteiger partial charge in [0, 0.05) is 0 Å². The van der Waals surface area contributed by atoms with Crippen LogP contribution in [-0.4, -0.2) is 13.1 Å². The molecule has 0 aliphatic heterocycles. The molecule has 0 aliphatic carbocycles. The molecule has 0 bridgehead atoms. The molecular formula is C12H20N2. The van der Waals surface area contributed by atoms with Gasteiger partial charge in [0.25, 0.3) is 0 Å². The first-order valence-electron chi connectivity index (χ1n) is 5.35. The van der Waals surface area contributed by atoms with Crippen molar-refractivity contribution in [2.45, 2.75) is 25.7 Å². The fourth-order valence-corrected chi connectivity index (χ4v) is 1.63. The third-order valence-electron chi connectivity index (χ3n) is 2.42. The lowest BCUT2D eigenvalue weighted by Gasteiger charge is -2.07. The zero-order valence-corrected chi connectivity index (χ0v) is 8.71. The van der Waals surface area contributed by atoms with Gasteiger partial charge in [-0.1, -0.05) is 24.3 Å². The Morgan fingerprint density at radius 3 is 1.57 bits per heavy atom. The van der Waals surface area contributed by atoms with Gasteiger partial charge in [0.15, 0.2) is 0 Å². The van der Waals surface area contributed by atoms with Crippen molar-refractivity contribution in [3.63, 3.8) is 0 Å². The number of benzene rings is 1. The van der Waals surface area contributed by atoms with Gasteiger partial charge < -0.3 is 11.5 Å². The maximum Gasteiger partial charge on any atom is -0.00741 e. The van der Waals surface area contributed by atoms with E-state index in [9.17, 15) is 0 Å². The van der Waals surface area contributed by atoms with Crippen molar-refractivity contribution in [2.24, 2.45) is 11.5 Å². The van der Waals surface area contributed by atoms with E-state index < -0.39 is 0 Å². The van der Waals surface area contributed by atoms with Gasteiger partial charge >= 0.3 is 0 Å². The molecule has 1 rings (SSSR count). The molecule has 1 aromatic carbocycles. The molecule has 0 radical (unpaired) electrons. The molecule has 2 nitrogen and oxygen atoms in total. The Morgan fingerprint density at radius 1 is 0.786 bits per heavy atom. The van der Waals surface area contributed by atoms with E-state index >= 15 is 0 Å². The van der Waals surface area contributed by atoms with Crippen LogP contribution >= 0.6 is 0 Å². The van der Waals surface area contributed by atoms with E-state index in [0.717, 1.165) is 38.8 Å². The molecule has 0 fully saturated rings. The van der Waals surface area contributed by atoms with E-state index in [4.69, 9.17) is 11.5 Å². The van der Waals surface area contributed by atoms with Crippen molar-refractivity contribution >= 4 is 0 Å². The molecule has 0 amide bonds. The second-order valence-electron chi connectivity index (χ2n) is 3.55. The number of hydrogen-bond acceptors (Lipinski definition) is 2. The number of aryl methyl sites for hydroxylation is 2. The van der Waals surface area contributed by atoms with Crippen LogP contribution in [0.4, 0.5) is 0 Å². The van der Waals surface area contributed by atoms with Gasteiger partial charge in [0.2, 0.25) is 0 Å². The largest absolute Gasteiger partial charge is 0.330 e. The molecule has 0 saturated carbocycles. The molecule has 78 valence electrons. The van der Waals surface area contributed by atoms with Crippen LogP contribution in [0.3, 0.4) is 0 Å². The normalized spacial score (nSPS) is 10.4. The Labute approximate surface area is 86.3 Å². The zero-order valence-electron chi connectivity index (χ0n) is 8.71. The Balaban J connectivity index is 2.60. The predicted octanol–water partition coefficient (Wildman–Crippen LogP) is 1.47. The molecule has 4 N–H and O–H groups in total. The predicted molar refractivity (Wildman–Crippen MR) is 61.2 cm³/mol. The van der Waals surface area contributed by atoms with Gasteiger partial charge in [-0.3, -0.25) is 0 Å². The van der Waals surface area contributed by atoms with Crippen molar-refractivity contribution < 1.29 is 0 Å². The first kappa shape index (κ1) is 11.2. The monoisotopic (exact) mass is 192 g/mol. The van der Waals surface area contributed by atoms with E-state index in [1.807, 2.05) is 0 Å². The quantitative estimate of drug-likeness (QED) is 0.717.